The fraction of sp³-hybridized carbons (Fsp3) is 0.294. The minimum absolute atomic E-state index is 0.0182. The fourth-order valence-corrected chi connectivity index (χ4v) is 2.33. The zero-order valence-corrected chi connectivity index (χ0v) is 12.0. The number of nitrogens with one attached hydrogen (secondary N) is 1. The van der Waals surface area contributed by atoms with Crippen LogP contribution >= 0.6 is 0 Å². The van der Waals surface area contributed by atoms with Crippen LogP contribution in [0.1, 0.15) is 42.6 Å². The van der Waals surface area contributed by atoms with E-state index < -0.39 is 17.7 Å². The maximum Gasteiger partial charge on any atom is 0.130 e. The summed E-state index contributed by atoms with van der Waals surface area (Å²) in [6.07, 6.45) is 0. The van der Waals surface area contributed by atoms with E-state index in [1.807, 2.05) is 38.1 Å². The zero-order valence-electron chi connectivity index (χ0n) is 12.0. The summed E-state index contributed by atoms with van der Waals surface area (Å²) in [7, 11) is 0. The van der Waals surface area contributed by atoms with Crippen molar-refractivity contribution in [3.8, 4) is 0 Å². The number of halogens is 2. The molecular weight excluding hydrogens is 256 g/mol. The van der Waals surface area contributed by atoms with E-state index in [-0.39, 0.29) is 11.6 Å². The third-order valence-corrected chi connectivity index (χ3v) is 3.51. The molecule has 1 nitrogen and oxygen atoms in total. The van der Waals surface area contributed by atoms with E-state index in [1.54, 1.807) is 6.92 Å². The molecule has 0 aliphatic carbocycles. The van der Waals surface area contributed by atoms with E-state index in [0.717, 1.165) is 5.56 Å². The molecule has 0 aromatic heterocycles. The van der Waals surface area contributed by atoms with Crippen LogP contribution < -0.4 is 5.32 Å². The Kier molecular flexibility index (Phi) is 4.50. The third-order valence-electron chi connectivity index (χ3n) is 3.51. The van der Waals surface area contributed by atoms with Crippen molar-refractivity contribution in [3.63, 3.8) is 0 Å². The summed E-state index contributed by atoms with van der Waals surface area (Å²) >= 11 is 0. The Hall–Kier alpha value is -1.74. The van der Waals surface area contributed by atoms with Gasteiger partial charge in [-0.15, -0.1) is 0 Å². The maximum absolute atomic E-state index is 13.7. The van der Waals surface area contributed by atoms with Crippen LogP contribution in [0, 0.1) is 18.6 Å². The van der Waals surface area contributed by atoms with Crippen molar-refractivity contribution >= 4 is 0 Å². The third kappa shape index (κ3) is 3.23. The van der Waals surface area contributed by atoms with Crippen molar-refractivity contribution in [3.05, 3.63) is 70.8 Å². The maximum atomic E-state index is 13.7. The first-order valence-electron chi connectivity index (χ1n) is 6.75. The molecule has 3 heteroatoms. The van der Waals surface area contributed by atoms with Crippen LogP contribution in [0.2, 0.25) is 0 Å². The summed E-state index contributed by atoms with van der Waals surface area (Å²) in [6, 6.07) is 11.7. The molecule has 0 saturated heterocycles. The summed E-state index contributed by atoms with van der Waals surface area (Å²) in [4.78, 5) is 0. The Balaban J connectivity index is 2.15. The van der Waals surface area contributed by atoms with E-state index in [0.29, 0.717) is 0 Å². The van der Waals surface area contributed by atoms with Crippen LogP contribution in [0.4, 0.5) is 8.78 Å². The SMILES string of the molecule is Cc1ccc(C(C)NC(C)c2c(F)cccc2F)cc1. The van der Waals surface area contributed by atoms with E-state index in [4.69, 9.17) is 0 Å². The van der Waals surface area contributed by atoms with Crippen molar-refractivity contribution < 1.29 is 8.78 Å². The van der Waals surface area contributed by atoms with Gasteiger partial charge in [0.2, 0.25) is 0 Å². The lowest BCUT2D eigenvalue weighted by Gasteiger charge is -2.21. The number of benzene rings is 2. The second kappa shape index (κ2) is 6.14. The normalized spacial score (nSPS) is 14.1. The monoisotopic (exact) mass is 275 g/mol. The lowest BCUT2D eigenvalue weighted by molar-refractivity contribution is 0.450. The Morgan fingerprint density at radius 1 is 0.850 bits per heavy atom. The van der Waals surface area contributed by atoms with Gasteiger partial charge in [0.05, 0.1) is 0 Å². The second-order valence-electron chi connectivity index (χ2n) is 5.16. The van der Waals surface area contributed by atoms with Crippen LogP contribution in [0.25, 0.3) is 0 Å². The summed E-state index contributed by atoms with van der Waals surface area (Å²) in [5, 5.41) is 3.23. The fourth-order valence-electron chi connectivity index (χ4n) is 2.33. The summed E-state index contributed by atoms with van der Waals surface area (Å²) < 4.78 is 27.5. The molecule has 1 N–H and O–H groups in total. The van der Waals surface area contributed by atoms with Gasteiger partial charge in [-0.1, -0.05) is 35.9 Å². The quantitative estimate of drug-likeness (QED) is 0.854. The van der Waals surface area contributed by atoms with Gasteiger partial charge in [0.1, 0.15) is 11.6 Å². The first-order valence-corrected chi connectivity index (χ1v) is 6.75. The van der Waals surface area contributed by atoms with Gasteiger partial charge in [0, 0.05) is 17.6 Å². The molecule has 0 spiro atoms. The Morgan fingerprint density at radius 2 is 1.40 bits per heavy atom. The predicted molar refractivity (Wildman–Crippen MR) is 77.5 cm³/mol. The summed E-state index contributed by atoms with van der Waals surface area (Å²) in [5.74, 6) is -1.03. The van der Waals surface area contributed by atoms with Crippen LogP contribution in [-0.2, 0) is 0 Å². The first kappa shape index (κ1) is 14.7. The van der Waals surface area contributed by atoms with Gasteiger partial charge >= 0.3 is 0 Å². The lowest BCUT2D eigenvalue weighted by atomic mass is 10.0. The highest BCUT2D eigenvalue weighted by Gasteiger charge is 2.18. The van der Waals surface area contributed by atoms with Gasteiger partial charge in [-0.05, 0) is 38.5 Å². The molecule has 2 atom stereocenters. The van der Waals surface area contributed by atoms with Gasteiger partial charge in [-0.3, -0.25) is 0 Å². The van der Waals surface area contributed by atoms with Crippen LogP contribution in [0.15, 0.2) is 42.5 Å². The van der Waals surface area contributed by atoms with Crippen molar-refractivity contribution in [1.29, 1.82) is 0 Å². The van der Waals surface area contributed by atoms with Crippen molar-refractivity contribution in [2.75, 3.05) is 0 Å². The number of hydrogen-bond acceptors (Lipinski definition) is 1. The molecule has 2 aromatic rings. The minimum Gasteiger partial charge on any atom is -0.303 e. The van der Waals surface area contributed by atoms with Crippen LogP contribution in [0.5, 0.6) is 0 Å². The predicted octanol–water partition coefficient (Wildman–Crippen LogP) is 4.69. The average molecular weight is 275 g/mol. The highest BCUT2D eigenvalue weighted by atomic mass is 19.1. The smallest absolute Gasteiger partial charge is 0.130 e. The molecule has 0 amide bonds. The second-order valence-corrected chi connectivity index (χ2v) is 5.16. The Labute approximate surface area is 118 Å². The van der Waals surface area contributed by atoms with Gasteiger partial charge in [-0.2, -0.15) is 0 Å². The van der Waals surface area contributed by atoms with E-state index in [9.17, 15) is 8.78 Å². The van der Waals surface area contributed by atoms with Crippen molar-refractivity contribution in [1.82, 2.24) is 5.32 Å². The molecule has 20 heavy (non-hydrogen) atoms. The Bertz CT molecular complexity index is 558. The molecule has 0 radical (unpaired) electrons. The number of hydrogen-bond donors (Lipinski definition) is 1. The van der Waals surface area contributed by atoms with E-state index in [1.165, 1.54) is 23.8 Å². The largest absolute Gasteiger partial charge is 0.303 e. The molecule has 2 unspecified atom stereocenters. The van der Waals surface area contributed by atoms with E-state index >= 15 is 0 Å². The molecule has 0 fully saturated rings. The van der Waals surface area contributed by atoms with E-state index in [2.05, 4.69) is 5.32 Å². The first-order chi connectivity index (χ1) is 9.49. The standard InChI is InChI=1S/C17H19F2N/c1-11-7-9-14(10-8-11)12(2)20-13(3)17-15(18)5-4-6-16(17)19/h4-10,12-13,20H,1-3H3. The molecular formula is C17H19F2N. The molecule has 0 saturated carbocycles. The molecule has 0 aliphatic rings. The van der Waals surface area contributed by atoms with Gasteiger partial charge in [0.15, 0.2) is 0 Å². The van der Waals surface area contributed by atoms with Gasteiger partial charge in [0.25, 0.3) is 0 Å². The highest BCUT2D eigenvalue weighted by molar-refractivity contribution is 5.26. The number of aryl methyl sites for hydroxylation is 1. The van der Waals surface area contributed by atoms with Gasteiger partial charge < -0.3 is 5.32 Å². The lowest BCUT2D eigenvalue weighted by Crippen LogP contribution is -2.24. The zero-order chi connectivity index (χ0) is 14.7. The molecule has 0 bridgehead atoms. The molecule has 2 aromatic carbocycles. The summed E-state index contributed by atoms with van der Waals surface area (Å²) in [5.41, 5.74) is 2.37. The minimum atomic E-state index is -0.513. The molecule has 2 rings (SSSR count). The number of rotatable bonds is 4. The van der Waals surface area contributed by atoms with Crippen molar-refractivity contribution in [2.24, 2.45) is 0 Å². The average Bonchev–Trinajstić information content (AvgIpc) is 2.39. The molecule has 0 aliphatic heterocycles. The summed E-state index contributed by atoms with van der Waals surface area (Å²) in [6.45, 7) is 5.78. The van der Waals surface area contributed by atoms with Crippen molar-refractivity contribution in [2.45, 2.75) is 32.9 Å². The van der Waals surface area contributed by atoms with Crippen LogP contribution in [0.3, 0.4) is 0 Å². The molecule has 0 heterocycles. The Morgan fingerprint density at radius 3 is 1.95 bits per heavy atom. The topological polar surface area (TPSA) is 12.0 Å². The molecule has 106 valence electrons. The van der Waals surface area contributed by atoms with Gasteiger partial charge in [-0.25, -0.2) is 8.78 Å². The van der Waals surface area contributed by atoms with Crippen LogP contribution in [-0.4, -0.2) is 0 Å². The highest BCUT2D eigenvalue weighted by Crippen LogP contribution is 2.24.